The number of benzene rings is 1. The quantitative estimate of drug-likeness (QED) is 0.849. The molecule has 0 atom stereocenters. The molecule has 7 heteroatoms. The van der Waals surface area contributed by atoms with Crippen molar-refractivity contribution in [1.82, 2.24) is 10.3 Å². The highest BCUT2D eigenvalue weighted by atomic mass is 35.5. The zero-order valence-electron chi connectivity index (χ0n) is 13.9. The highest BCUT2D eigenvalue weighted by Crippen LogP contribution is 2.20. The van der Waals surface area contributed by atoms with E-state index in [4.69, 9.17) is 11.6 Å². The van der Waals surface area contributed by atoms with Crippen molar-refractivity contribution < 1.29 is 9.59 Å². The maximum absolute atomic E-state index is 12.0. The van der Waals surface area contributed by atoms with Crippen LogP contribution >= 0.6 is 22.9 Å². The molecule has 0 radical (unpaired) electrons. The van der Waals surface area contributed by atoms with Crippen molar-refractivity contribution in [1.29, 1.82) is 0 Å². The molecule has 128 valence electrons. The van der Waals surface area contributed by atoms with Crippen molar-refractivity contribution >= 4 is 39.9 Å². The van der Waals surface area contributed by atoms with Crippen LogP contribution < -0.4 is 10.6 Å². The second-order valence-electron chi connectivity index (χ2n) is 6.43. The lowest BCUT2D eigenvalue weighted by Crippen LogP contribution is -2.27. The Labute approximate surface area is 150 Å². The maximum atomic E-state index is 12.0. The summed E-state index contributed by atoms with van der Waals surface area (Å²) < 4.78 is 0. The summed E-state index contributed by atoms with van der Waals surface area (Å²) in [6.45, 7) is 5.94. The number of thiazole rings is 1. The minimum atomic E-state index is -0.484. The second-order valence-corrected chi connectivity index (χ2v) is 7.72. The first-order valence-corrected chi connectivity index (χ1v) is 8.77. The largest absolute Gasteiger partial charge is 0.352 e. The normalized spacial score (nSPS) is 11.2. The molecule has 0 spiro atoms. The van der Waals surface area contributed by atoms with Crippen LogP contribution in [-0.4, -0.2) is 16.8 Å². The summed E-state index contributed by atoms with van der Waals surface area (Å²) in [4.78, 5) is 28.2. The third kappa shape index (κ3) is 5.62. The molecule has 0 unspecified atom stereocenters. The van der Waals surface area contributed by atoms with Crippen LogP contribution in [0.25, 0.3) is 0 Å². The summed E-state index contributed by atoms with van der Waals surface area (Å²) in [6.07, 6.45) is 0.176. The van der Waals surface area contributed by atoms with Gasteiger partial charge in [-0.25, -0.2) is 4.98 Å². The Hall–Kier alpha value is -1.92. The van der Waals surface area contributed by atoms with Gasteiger partial charge in [0.25, 0.3) is 0 Å². The number of amides is 2. The molecular weight excluding hydrogens is 346 g/mol. The van der Waals surface area contributed by atoms with Crippen LogP contribution in [0.1, 0.15) is 32.0 Å². The molecule has 0 aliphatic carbocycles. The fourth-order valence-electron chi connectivity index (χ4n) is 1.76. The maximum Gasteiger partial charge on any atom is 0.231 e. The lowest BCUT2D eigenvalue weighted by atomic mass is 9.96. The van der Waals surface area contributed by atoms with Gasteiger partial charge in [0.1, 0.15) is 0 Å². The number of carbonyl (C=O) groups is 2. The van der Waals surface area contributed by atoms with Crippen LogP contribution in [0.4, 0.5) is 5.13 Å². The topological polar surface area (TPSA) is 71.1 Å². The minimum absolute atomic E-state index is 0.101. The lowest BCUT2D eigenvalue weighted by molar-refractivity contribution is -0.123. The SMILES string of the molecule is CC(C)(C)C(=O)Nc1nc(CC(=O)NCc2ccc(Cl)cc2)cs1. The number of hydrogen-bond acceptors (Lipinski definition) is 4. The fraction of sp³-hybridized carbons (Fsp3) is 0.353. The van der Waals surface area contributed by atoms with Gasteiger partial charge in [-0.15, -0.1) is 11.3 Å². The molecule has 2 amide bonds. The minimum Gasteiger partial charge on any atom is -0.352 e. The van der Waals surface area contributed by atoms with E-state index in [1.807, 2.05) is 32.9 Å². The molecule has 0 saturated heterocycles. The standard InChI is InChI=1S/C17H20ClN3O2S/c1-17(2,3)15(23)21-16-20-13(10-24-16)8-14(22)19-9-11-4-6-12(18)7-5-11/h4-7,10H,8-9H2,1-3H3,(H,19,22)(H,20,21,23). The summed E-state index contributed by atoms with van der Waals surface area (Å²) in [5.41, 5.74) is 1.13. The van der Waals surface area contributed by atoms with E-state index in [1.165, 1.54) is 11.3 Å². The van der Waals surface area contributed by atoms with E-state index in [2.05, 4.69) is 15.6 Å². The van der Waals surface area contributed by atoms with E-state index in [1.54, 1.807) is 17.5 Å². The van der Waals surface area contributed by atoms with Crippen molar-refractivity contribution in [3.8, 4) is 0 Å². The Kier molecular flexibility index (Phi) is 5.96. The summed E-state index contributed by atoms with van der Waals surface area (Å²) in [6, 6.07) is 7.30. The molecule has 1 aromatic heterocycles. The number of rotatable bonds is 5. The number of carbonyl (C=O) groups excluding carboxylic acids is 2. The number of hydrogen-bond donors (Lipinski definition) is 2. The number of nitrogens with one attached hydrogen (secondary N) is 2. The smallest absolute Gasteiger partial charge is 0.231 e. The molecule has 0 bridgehead atoms. The van der Waals surface area contributed by atoms with Gasteiger partial charge in [-0.1, -0.05) is 44.5 Å². The van der Waals surface area contributed by atoms with Gasteiger partial charge in [0.05, 0.1) is 12.1 Å². The monoisotopic (exact) mass is 365 g/mol. The molecule has 24 heavy (non-hydrogen) atoms. The van der Waals surface area contributed by atoms with Gasteiger partial charge in [0.15, 0.2) is 5.13 Å². The first kappa shape index (κ1) is 18.4. The van der Waals surface area contributed by atoms with E-state index in [0.717, 1.165) is 5.56 Å². The van der Waals surface area contributed by atoms with Crippen LogP contribution in [-0.2, 0) is 22.6 Å². The van der Waals surface area contributed by atoms with Crippen molar-refractivity contribution in [2.75, 3.05) is 5.32 Å². The molecule has 2 rings (SSSR count). The van der Waals surface area contributed by atoms with Crippen LogP contribution in [0.5, 0.6) is 0 Å². The van der Waals surface area contributed by atoms with Crippen LogP contribution in [0.2, 0.25) is 5.02 Å². The molecule has 2 N–H and O–H groups in total. The van der Waals surface area contributed by atoms with Gasteiger partial charge in [0, 0.05) is 22.4 Å². The molecular formula is C17H20ClN3O2S. The Morgan fingerprint density at radius 1 is 1.21 bits per heavy atom. The number of anilines is 1. The van der Waals surface area contributed by atoms with Crippen LogP contribution in [0.3, 0.4) is 0 Å². The summed E-state index contributed by atoms with van der Waals surface area (Å²) in [7, 11) is 0. The number of halogens is 1. The molecule has 2 aromatic rings. The second kappa shape index (κ2) is 7.77. The van der Waals surface area contributed by atoms with E-state index < -0.39 is 5.41 Å². The predicted molar refractivity (Wildman–Crippen MR) is 97.2 cm³/mol. The third-order valence-electron chi connectivity index (χ3n) is 3.20. The fourth-order valence-corrected chi connectivity index (χ4v) is 2.59. The summed E-state index contributed by atoms with van der Waals surface area (Å²) in [5.74, 6) is -0.223. The van der Waals surface area contributed by atoms with Gasteiger partial charge in [-0.2, -0.15) is 0 Å². The third-order valence-corrected chi connectivity index (χ3v) is 4.26. The highest BCUT2D eigenvalue weighted by molar-refractivity contribution is 7.13. The summed E-state index contributed by atoms with van der Waals surface area (Å²) >= 11 is 7.14. The van der Waals surface area contributed by atoms with Gasteiger partial charge in [-0.05, 0) is 17.7 Å². The highest BCUT2D eigenvalue weighted by Gasteiger charge is 2.22. The first-order valence-electron chi connectivity index (χ1n) is 7.51. The molecule has 5 nitrogen and oxygen atoms in total. The van der Waals surface area contributed by atoms with Crippen molar-refractivity contribution in [3.63, 3.8) is 0 Å². The zero-order valence-corrected chi connectivity index (χ0v) is 15.4. The average Bonchev–Trinajstić information content (AvgIpc) is 2.92. The van der Waals surface area contributed by atoms with Crippen molar-refractivity contribution in [3.05, 3.63) is 45.9 Å². The van der Waals surface area contributed by atoms with Gasteiger partial charge < -0.3 is 10.6 Å². The zero-order chi connectivity index (χ0) is 17.7. The predicted octanol–water partition coefficient (Wildman–Crippen LogP) is 3.64. The molecule has 0 fully saturated rings. The van der Waals surface area contributed by atoms with Crippen molar-refractivity contribution in [2.24, 2.45) is 5.41 Å². The molecule has 0 aliphatic heterocycles. The Balaban J connectivity index is 1.84. The van der Waals surface area contributed by atoms with Crippen LogP contribution in [0.15, 0.2) is 29.6 Å². The van der Waals surface area contributed by atoms with E-state index in [0.29, 0.717) is 22.4 Å². The average molecular weight is 366 g/mol. The number of nitrogens with zero attached hydrogens (tertiary/aromatic N) is 1. The summed E-state index contributed by atoms with van der Waals surface area (Å²) in [5, 5.41) is 8.55. The van der Waals surface area contributed by atoms with E-state index in [9.17, 15) is 9.59 Å². The Bertz CT molecular complexity index is 720. The molecule has 0 aliphatic rings. The number of aromatic nitrogens is 1. The first-order chi connectivity index (χ1) is 11.2. The molecule has 0 saturated carbocycles. The van der Waals surface area contributed by atoms with E-state index >= 15 is 0 Å². The van der Waals surface area contributed by atoms with Gasteiger partial charge >= 0.3 is 0 Å². The Morgan fingerprint density at radius 3 is 2.50 bits per heavy atom. The Morgan fingerprint density at radius 2 is 1.88 bits per heavy atom. The van der Waals surface area contributed by atoms with Gasteiger partial charge in [0.2, 0.25) is 11.8 Å². The van der Waals surface area contributed by atoms with Crippen molar-refractivity contribution in [2.45, 2.75) is 33.7 Å². The lowest BCUT2D eigenvalue weighted by Gasteiger charge is -2.15. The molecule has 1 heterocycles. The van der Waals surface area contributed by atoms with Crippen LogP contribution in [0, 0.1) is 5.41 Å². The molecule has 1 aromatic carbocycles. The van der Waals surface area contributed by atoms with E-state index in [-0.39, 0.29) is 18.2 Å². The van der Waals surface area contributed by atoms with Gasteiger partial charge in [-0.3, -0.25) is 9.59 Å².